The predicted molar refractivity (Wildman–Crippen MR) is 79.5 cm³/mol. The Morgan fingerprint density at radius 1 is 1.21 bits per heavy atom. The summed E-state index contributed by atoms with van der Waals surface area (Å²) in [4.78, 5) is 0. The van der Waals surface area contributed by atoms with Crippen molar-refractivity contribution in [2.75, 3.05) is 14.2 Å². The molecule has 2 rings (SSSR count). The lowest BCUT2D eigenvalue weighted by Gasteiger charge is -2.25. The Balaban J connectivity index is 2.47. The van der Waals surface area contributed by atoms with Gasteiger partial charge in [0.2, 0.25) is 12.1 Å². The number of para-hydroxylation sites is 1. The summed E-state index contributed by atoms with van der Waals surface area (Å²) in [6, 6.07) is 5.93. The normalized spacial score (nSPS) is 18.8. The van der Waals surface area contributed by atoms with Gasteiger partial charge in [-0.1, -0.05) is 26.8 Å². The third-order valence-corrected chi connectivity index (χ3v) is 4.42. The van der Waals surface area contributed by atoms with Crippen LogP contribution in [0, 0.1) is 5.41 Å². The van der Waals surface area contributed by atoms with Gasteiger partial charge in [-0.25, -0.2) is 9.30 Å². The first-order chi connectivity index (χ1) is 8.99. The van der Waals surface area contributed by atoms with Gasteiger partial charge in [0.05, 0.1) is 14.2 Å². The van der Waals surface area contributed by atoms with Crippen LogP contribution in [0.5, 0.6) is 11.5 Å². The summed E-state index contributed by atoms with van der Waals surface area (Å²) in [7, 11) is 3.33. The lowest BCUT2D eigenvalue weighted by Crippen LogP contribution is -2.30. The smallest absolute Gasteiger partial charge is 0.250 e. The fourth-order valence-electron chi connectivity index (χ4n) is 2.14. The minimum Gasteiger partial charge on any atom is -0.493 e. The highest BCUT2D eigenvalue weighted by Crippen LogP contribution is 2.42. The highest BCUT2D eigenvalue weighted by molar-refractivity contribution is 7.98. The third kappa shape index (κ3) is 2.66. The zero-order valence-corrected chi connectivity index (χ0v) is 12.9. The maximum absolute atomic E-state index is 5.52. The first kappa shape index (κ1) is 14.1. The lowest BCUT2D eigenvalue weighted by molar-refractivity contribution is -0.467. The highest BCUT2D eigenvalue weighted by atomic mass is 32.2. The SMILES string of the molecule is COc1cccc([N+]2=CNSC2C(C)(C)C)c1OC. The Morgan fingerprint density at radius 2 is 1.95 bits per heavy atom. The van der Waals surface area contributed by atoms with Crippen molar-refractivity contribution in [3.8, 4) is 11.5 Å². The van der Waals surface area contributed by atoms with E-state index in [2.05, 4.69) is 30.1 Å². The number of benzene rings is 1. The molecule has 1 heterocycles. The average molecular weight is 281 g/mol. The topological polar surface area (TPSA) is 33.5 Å². The Bertz CT molecular complexity index is 495. The summed E-state index contributed by atoms with van der Waals surface area (Å²) < 4.78 is 16.3. The fraction of sp³-hybridized carbons (Fsp3) is 0.500. The molecular weight excluding hydrogens is 260 g/mol. The molecule has 1 aliphatic heterocycles. The standard InChI is InChI=1S/C14H20N2O2S/c1-14(2,3)13-16(9-15-19-13)10-7-6-8-11(17-4)12(10)18-5/h6-9,13H,1-5H3/p+1. The molecule has 0 saturated carbocycles. The van der Waals surface area contributed by atoms with Crippen LogP contribution in [-0.2, 0) is 0 Å². The number of hydrogen-bond donors (Lipinski definition) is 1. The van der Waals surface area contributed by atoms with Gasteiger partial charge in [-0.15, -0.1) is 0 Å². The Hall–Kier alpha value is -1.36. The first-order valence-corrected chi connectivity index (χ1v) is 7.11. The molecule has 0 spiro atoms. The molecule has 4 nitrogen and oxygen atoms in total. The maximum atomic E-state index is 5.52. The summed E-state index contributed by atoms with van der Waals surface area (Å²) in [5, 5.41) is 0.300. The Labute approximate surface area is 118 Å². The fourth-order valence-corrected chi connectivity index (χ4v) is 3.08. The quantitative estimate of drug-likeness (QED) is 0.682. The Kier molecular flexibility index (Phi) is 3.94. The molecule has 1 unspecified atom stereocenters. The monoisotopic (exact) mass is 281 g/mol. The van der Waals surface area contributed by atoms with Gasteiger partial charge in [-0.05, 0) is 12.1 Å². The van der Waals surface area contributed by atoms with Gasteiger partial charge in [0.15, 0.2) is 16.8 Å². The number of hydrogen-bond acceptors (Lipinski definition) is 4. The van der Waals surface area contributed by atoms with Crippen LogP contribution in [0.25, 0.3) is 0 Å². The van der Waals surface area contributed by atoms with E-state index in [0.29, 0.717) is 5.37 Å². The van der Waals surface area contributed by atoms with E-state index < -0.39 is 0 Å². The second-order valence-electron chi connectivity index (χ2n) is 5.50. The number of rotatable bonds is 3. The van der Waals surface area contributed by atoms with Crippen molar-refractivity contribution < 1.29 is 14.0 Å². The molecule has 5 heteroatoms. The zero-order valence-electron chi connectivity index (χ0n) is 12.1. The summed E-state index contributed by atoms with van der Waals surface area (Å²) in [5.41, 5.74) is 1.15. The molecular formula is C14H21N2O2S+. The number of methoxy groups -OCH3 is 2. The maximum Gasteiger partial charge on any atom is 0.250 e. The van der Waals surface area contributed by atoms with Crippen LogP contribution in [0.3, 0.4) is 0 Å². The molecule has 0 aliphatic carbocycles. The van der Waals surface area contributed by atoms with Crippen molar-refractivity contribution in [1.82, 2.24) is 4.72 Å². The van der Waals surface area contributed by atoms with Crippen molar-refractivity contribution in [3.63, 3.8) is 0 Å². The van der Waals surface area contributed by atoms with Crippen LogP contribution in [-0.4, -0.2) is 30.5 Å². The largest absolute Gasteiger partial charge is 0.493 e. The molecule has 0 amide bonds. The predicted octanol–water partition coefficient (Wildman–Crippen LogP) is 3.00. The molecule has 104 valence electrons. The van der Waals surface area contributed by atoms with Gasteiger partial charge in [-0.2, -0.15) is 0 Å². The van der Waals surface area contributed by atoms with Crippen molar-refractivity contribution >= 4 is 24.0 Å². The van der Waals surface area contributed by atoms with Gasteiger partial charge in [0.1, 0.15) is 11.9 Å². The van der Waals surface area contributed by atoms with Crippen LogP contribution in [0.2, 0.25) is 0 Å². The molecule has 1 aliphatic rings. The molecule has 0 fully saturated rings. The molecule has 0 bridgehead atoms. The molecule has 0 aromatic heterocycles. The molecule has 1 aromatic rings. The van der Waals surface area contributed by atoms with E-state index >= 15 is 0 Å². The summed E-state index contributed by atoms with van der Waals surface area (Å²) in [6.45, 7) is 6.68. The molecule has 0 saturated heterocycles. The number of ether oxygens (including phenoxy) is 2. The van der Waals surface area contributed by atoms with E-state index in [1.165, 1.54) is 0 Å². The van der Waals surface area contributed by atoms with E-state index in [0.717, 1.165) is 17.2 Å². The number of nitrogens with one attached hydrogen (secondary N) is 1. The lowest BCUT2D eigenvalue weighted by atomic mass is 9.96. The van der Waals surface area contributed by atoms with Crippen LogP contribution >= 0.6 is 11.9 Å². The van der Waals surface area contributed by atoms with Crippen LogP contribution in [0.15, 0.2) is 18.2 Å². The molecule has 0 radical (unpaired) electrons. The summed E-state index contributed by atoms with van der Waals surface area (Å²) in [5.74, 6) is 1.51. The van der Waals surface area contributed by atoms with Gasteiger partial charge in [-0.3, -0.25) is 0 Å². The van der Waals surface area contributed by atoms with Crippen LogP contribution < -0.4 is 14.2 Å². The molecule has 1 atom stereocenters. The first-order valence-electron chi connectivity index (χ1n) is 6.23. The van der Waals surface area contributed by atoms with Gasteiger partial charge >= 0.3 is 0 Å². The van der Waals surface area contributed by atoms with Crippen molar-refractivity contribution in [2.45, 2.75) is 26.1 Å². The second kappa shape index (κ2) is 5.33. The number of nitrogens with zero attached hydrogens (tertiary/aromatic N) is 1. The van der Waals surface area contributed by atoms with E-state index in [4.69, 9.17) is 9.47 Å². The van der Waals surface area contributed by atoms with Crippen molar-refractivity contribution in [1.29, 1.82) is 0 Å². The molecule has 1 N–H and O–H groups in total. The van der Waals surface area contributed by atoms with Crippen LogP contribution in [0.4, 0.5) is 5.69 Å². The Morgan fingerprint density at radius 3 is 2.53 bits per heavy atom. The zero-order chi connectivity index (χ0) is 14.0. The van der Waals surface area contributed by atoms with E-state index in [-0.39, 0.29) is 5.41 Å². The van der Waals surface area contributed by atoms with Crippen LogP contribution in [0.1, 0.15) is 20.8 Å². The van der Waals surface area contributed by atoms with E-state index in [1.54, 1.807) is 26.2 Å². The average Bonchev–Trinajstić information content (AvgIpc) is 2.86. The van der Waals surface area contributed by atoms with E-state index in [9.17, 15) is 0 Å². The van der Waals surface area contributed by atoms with E-state index in [1.807, 2.05) is 24.5 Å². The highest BCUT2D eigenvalue weighted by Gasteiger charge is 2.39. The summed E-state index contributed by atoms with van der Waals surface area (Å²) >= 11 is 1.71. The summed E-state index contributed by atoms with van der Waals surface area (Å²) in [6.07, 6.45) is 1.98. The second-order valence-corrected chi connectivity index (χ2v) is 6.42. The van der Waals surface area contributed by atoms with Gasteiger partial charge in [0.25, 0.3) is 0 Å². The molecule has 1 aromatic carbocycles. The van der Waals surface area contributed by atoms with Gasteiger partial charge < -0.3 is 9.47 Å². The van der Waals surface area contributed by atoms with Crippen molar-refractivity contribution in [3.05, 3.63) is 18.2 Å². The molecule has 19 heavy (non-hydrogen) atoms. The third-order valence-electron chi connectivity index (χ3n) is 3.03. The minimum atomic E-state index is 0.138. The van der Waals surface area contributed by atoms with Gasteiger partial charge in [0, 0.05) is 5.41 Å². The van der Waals surface area contributed by atoms with Crippen molar-refractivity contribution in [2.24, 2.45) is 5.41 Å². The minimum absolute atomic E-state index is 0.138.